The summed E-state index contributed by atoms with van der Waals surface area (Å²) in [6, 6.07) is 7.92. The van der Waals surface area contributed by atoms with Gasteiger partial charge in [0.05, 0.1) is 0 Å². The predicted octanol–water partition coefficient (Wildman–Crippen LogP) is 4.80. The summed E-state index contributed by atoms with van der Waals surface area (Å²) in [5, 5.41) is 9.35. The molecule has 0 amide bonds. The first-order valence-corrected chi connectivity index (χ1v) is 6.20. The van der Waals surface area contributed by atoms with Crippen molar-refractivity contribution in [1.82, 2.24) is 0 Å². The third kappa shape index (κ3) is 2.90. The van der Waals surface area contributed by atoms with Crippen LogP contribution in [-0.2, 0) is 5.60 Å². The molecule has 0 fully saturated rings. The Balaban J connectivity index is 2.65. The minimum Gasteiger partial charge on any atom is -0.369 e. The van der Waals surface area contributed by atoms with Gasteiger partial charge in [-0.15, -0.1) is 0 Å². The number of halogens is 7. The first-order valence-electron chi connectivity index (χ1n) is 6.20. The molecule has 0 aromatic heterocycles. The van der Waals surface area contributed by atoms with E-state index in [4.69, 9.17) is 0 Å². The molecule has 1 nitrogen and oxygen atoms in total. The Hall–Kier alpha value is -2.09. The lowest BCUT2D eigenvalue weighted by atomic mass is 9.89. The third-order valence-corrected chi connectivity index (χ3v) is 3.29. The molecule has 1 N–H and O–H groups in total. The molecule has 2 aromatic rings. The molecular formula is C15H9F7O. The van der Waals surface area contributed by atoms with E-state index in [1.54, 1.807) is 0 Å². The van der Waals surface area contributed by atoms with Gasteiger partial charge in [0.15, 0.2) is 0 Å². The van der Waals surface area contributed by atoms with Crippen molar-refractivity contribution in [2.75, 3.05) is 0 Å². The lowest BCUT2D eigenvalue weighted by molar-refractivity contribution is -0.376. The summed E-state index contributed by atoms with van der Waals surface area (Å²) >= 11 is 0. The van der Waals surface area contributed by atoms with E-state index in [9.17, 15) is 35.8 Å². The van der Waals surface area contributed by atoms with Crippen LogP contribution in [0.5, 0.6) is 0 Å². The standard InChI is InChI=1S/C15H9F7O/c16-12-7-2-1-6-11(12)9-4-3-5-10(8-9)13(23,14(17,18)19)15(20,21)22/h1-8,23H. The highest BCUT2D eigenvalue weighted by Gasteiger charge is 2.71. The minimum absolute atomic E-state index is 0.180. The molecular weight excluding hydrogens is 329 g/mol. The Morgan fingerprint density at radius 3 is 1.83 bits per heavy atom. The van der Waals surface area contributed by atoms with Gasteiger partial charge in [0, 0.05) is 11.1 Å². The Morgan fingerprint density at radius 2 is 1.30 bits per heavy atom. The molecule has 23 heavy (non-hydrogen) atoms. The molecule has 0 aliphatic heterocycles. The Bertz CT molecular complexity index is 689. The summed E-state index contributed by atoms with van der Waals surface area (Å²) < 4.78 is 90.8. The van der Waals surface area contributed by atoms with Crippen LogP contribution in [0, 0.1) is 5.82 Å². The average molecular weight is 338 g/mol. The van der Waals surface area contributed by atoms with E-state index in [1.807, 2.05) is 0 Å². The fourth-order valence-corrected chi connectivity index (χ4v) is 2.10. The summed E-state index contributed by atoms with van der Waals surface area (Å²) in [6.07, 6.45) is -12.0. The SMILES string of the molecule is OC(c1cccc(-c2ccccc2F)c1)(C(F)(F)F)C(F)(F)F. The molecule has 8 heteroatoms. The summed E-state index contributed by atoms with van der Waals surface area (Å²) in [5.41, 5.74) is -6.87. The number of alkyl halides is 6. The number of hydrogen-bond donors (Lipinski definition) is 1. The second-order valence-electron chi connectivity index (χ2n) is 4.77. The van der Waals surface area contributed by atoms with Crippen LogP contribution in [0.4, 0.5) is 30.7 Å². The lowest BCUT2D eigenvalue weighted by Gasteiger charge is -2.32. The van der Waals surface area contributed by atoms with E-state index in [0.717, 1.165) is 18.2 Å². The van der Waals surface area contributed by atoms with E-state index in [0.29, 0.717) is 12.1 Å². The topological polar surface area (TPSA) is 20.2 Å². The maximum Gasteiger partial charge on any atom is 0.430 e. The van der Waals surface area contributed by atoms with Crippen molar-refractivity contribution >= 4 is 0 Å². The molecule has 0 radical (unpaired) electrons. The molecule has 0 saturated heterocycles. The van der Waals surface area contributed by atoms with Crippen LogP contribution in [0.15, 0.2) is 48.5 Å². The Labute approximate surface area is 126 Å². The first-order chi connectivity index (χ1) is 10.5. The minimum atomic E-state index is -5.99. The van der Waals surface area contributed by atoms with Gasteiger partial charge >= 0.3 is 12.4 Å². The number of aliphatic hydroxyl groups is 1. The van der Waals surface area contributed by atoms with Crippen molar-refractivity contribution in [3.63, 3.8) is 0 Å². The van der Waals surface area contributed by atoms with Crippen molar-refractivity contribution < 1.29 is 35.8 Å². The molecule has 0 aliphatic rings. The van der Waals surface area contributed by atoms with Gasteiger partial charge in [0.1, 0.15) is 5.82 Å². The zero-order valence-electron chi connectivity index (χ0n) is 11.2. The number of benzene rings is 2. The van der Waals surface area contributed by atoms with E-state index in [2.05, 4.69) is 0 Å². The molecule has 0 saturated carbocycles. The lowest BCUT2D eigenvalue weighted by Crippen LogP contribution is -2.53. The smallest absolute Gasteiger partial charge is 0.369 e. The van der Waals surface area contributed by atoms with Gasteiger partial charge < -0.3 is 5.11 Å². The normalized spacial score (nSPS) is 13.2. The monoisotopic (exact) mass is 338 g/mol. The molecule has 0 aliphatic carbocycles. The maximum absolute atomic E-state index is 13.7. The van der Waals surface area contributed by atoms with Crippen LogP contribution >= 0.6 is 0 Å². The molecule has 0 atom stereocenters. The number of rotatable bonds is 2. The van der Waals surface area contributed by atoms with Gasteiger partial charge in [0.25, 0.3) is 5.60 Å². The summed E-state index contributed by atoms with van der Waals surface area (Å²) in [4.78, 5) is 0. The van der Waals surface area contributed by atoms with Crippen LogP contribution in [-0.4, -0.2) is 17.5 Å². The zero-order chi connectivity index (χ0) is 17.5. The second-order valence-corrected chi connectivity index (χ2v) is 4.77. The van der Waals surface area contributed by atoms with Gasteiger partial charge in [-0.25, -0.2) is 4.39 Å². The molecule has 0 unspecified atom stereocenters. The molecule has 2 rings (SSSR count). The van der Waals surface area contributed by atoms with Crippen LogP contribution in [0.3, 0.4) is 0 Å². The van der Waals surface area contributed by atoms with Gasteiger partial charge in [0.2, 0.25) is 0 Å². The van der Waals surface area contributed by atoms with Crippen molar-refractivity contribution in [2.24, 2.45) is 0 Å². The van der Waals surface area contributed by atoms with Gasteiger partial charge in [-0.1, -0.05) is 36.4 Å². The van der Waals surface area contributed by atoms with Gasteiger partial charge in [-0.05, 0) is 17.7 Å². The average Bonchev–Trinajstić information content (AvgIpc) is 2.44. The van der Waals surface area contributed by atoms with Crippen molar-refractivity contribution in [1.29, 1.82) is 0 Å². The third-order valence-electron chi connectivity index (χ3n) is 3.29. The zero-order valence-corrected chi connectivity index (χ0v) is 11.2. The quantitative estimate of drug-likeness (QED) is 0.780. The highest BCUT2D eigenvalue weighted by atomic mass is 19.4. The maximum atomic E-state index is 13.7. The fourth-order valence-electron chi connectivity index (χ4n) is 2.10. The molecule has 0 bridgehead atoms. The molecule has 0 heterocycles. The van der Waals surface area contributed by atoms with Crippen LogP contribution in [0.2, 0.25) is 0 Å². The predicted molar refractivity (Wildman–Crippen MR) is 67.8 cm³/mol. The van der Waals surface area contributed by atoms with Crippen LogP contribution < -0.4 is 0 Å². The summed E-state index contributed by atoms with van der Waals surface area (Å²) in [5.74, 6) is -0.813. The van der Waals surface area contributed by atoms with E-state index < -0.39 is 29.3 Å². The van der Waals surface area contributed by atoms with Crippen LogP contribution in [0.1, 0.15) is 5.56 Å². The van der Waals surface area contributed by atoms with Crippen molar-refractivity contribution in [2.45, 2.75) is 18.0 Å². The first kappa shape index (κ1) is 17.3. The molecule has 2 aromatic carbocycles. The van der Waals surface area contributed by atoms with Gasteiger partial charge in [-0.2, -0.15) is 26.3 Å². The molecule has 0 spiro atoms. The van der Waals surface area contributed by atoms with E-state index >= 15 is 0 Å². The van der Waals surface area contributed by atoms with Crippen molar-refractivity contribution in [3.8, 4) is 11.1 Å². The molecule has 124 valence electrons. The highest BCUT2D eigenvalue weighted by molar-refractivity contribution is 5.65. The van der Waals surface area contributed by atoms with Crippen LogP contribution in [0.25, 0.3) is 11.1 Å². The summed E-state index contributed by atoms with van der Waals surface area (Å²) in [7, 11) is 0. The van der Waals surface area contributed by atoms with Crippen molar-refractivity contribution in [3.05, 3.63) is 59.9 Å². The fraction of sp³-hybridized carbons (Fsp3) is 0.200. The Kier molecular flexibility index (Phi) is 4.14. The Morgan fingerprint density at radius 1 is 0.739 bits per heavy atom. The summed E-state index contributed by atoms with van der Waals surface area (Å²) in [6.45, 7) is 0. The largest absolute Gasteiger partial charge is 0.430 e. The highest BCUT2D eigenvalue weighted by Crippen LogP contribution is 2.50. The van der Waals surface area contributed by atoms with E-state index in [-0.39, 0.29) is 11.1 Å². The van der Waals surface area contributed by atoms with Gasteiger partial charge in [-0.3, -0.25) is 0 Å². The van der Waals surface area contributed by atoms with E-state index in [1.165, 1.54) is 18.2 Å². The second kappa shape index (κ2) is 5.52. The number of hydrogen-bond acceptors (Lipinski definition) is 1.